The van der Waals surface area contributed by atoms with E-state index in [0.29, 0.717) is 0 Å². The highest BCUT2D eigenvalue weighted by Crippen LogP contribution is 2.50. The summed E-state index contributed by atoms with van der Waals surface area (Å²) in [6, 6.07) is -0.755. The minimum atomic E-state index is -2.35. The maximum Gasteiger partial charge on any atom is 0.330 e. The molecular formula is C66H75Cl2N9O24. The minimum absolute atomic E-state index is 0.0987. The molecule has 12 rings (SSSR count). The summed E-state index contributed by atoms with van der Waals surface area (Å²) in [5.74, 6) is -16.1. The second kappa shape index (κ2) is 30.2. The molecule has 0 spiro atoms. The van der Waals surface area contributed by atoms with Crippen LogP contribution in [0.3, 0.4) is 0 Å². The number of carbonyl (C=O) groups excluding carboxylic acids is 7. The lowest BCUT2D eigenvalue weighted by molar-refractivity contribution is -0.341. The number of phenols is 3. The van der Waals surface area contributed by atoms with E-state index in [2.05, 4.69) is 37.2 Å². The van der Waals surface area contributed by atoms with E-state index in [1.165, 1.54) is 19.2 Å². The highest BCUT2D eigenvalue weighted by Gasteiger charge is 2.52. The largest absolute Gasteiger partial charge is 0.508 e. The Bertz CT molecular complexity index is 4070. The summed E-state index contributed by atoms with van der Waals surface area (Å²) in [4.78, 5) is 117. The first-order valence-corrected chi connectivity index (χ1v) is 32.4. The molecule has 7 amide bonds. The monoisotopic (exact) mass is 1450 g/mol. The number of carboxylic acid groups (broad SMARTS) is 1. The normalized spacial score (nSPS) is 29.4. The van der Waals surface area contributed by atoms with Crippen LogP contribution in [-0.2, 0) is 52.6 Å². The first-order chi connectivity index (χ1) is 47.7. The van der Waals surface area contributed by atoms with Crippen LogP contribution in [0.15, 0.2) is 78.9 Å². The molecule has 21 N–H and O–H groups in total. The Morgan fingerprint density at radius 1 is 0.703 bits per heavy atom. The maximum absolute atomic E-state index is 16.0. The Balaban J connectivity index is 1.24. The number of hydrogen-bond acceptors (Lipinski definition) is 25. The van der Waals surface area contributed by atoms with Crippen LogP contribution in [0.25, 0.3) is 11.1 Å². The molecule has 0 radical (unpaired) electrons. The van der Waals surface area contributed by atoms with Crippen LogP contribution in [0, 0.1) is 5.92 Å². The Labute approximate surface area is 584 Å². The van der Waals surface area contributed by atoms with E-state index in [4.69, 9.17) is 63.1 Å². The van der Waals surface area contributed by atoms with E-state index in [0.717, 1.165) is 66.7 Å². The van der Waals surface area contributed by atoms with Gasteiger partial charge in [-0.05, 0) is 117 Å². The number of carbonyl (C=O) groups is 8. The van der Waals surface area contributed by atoms with Gasteiger partial charge in [-0.15, -0.1) is 0 Å². The summed E-state index contributed by atoms with van der Waals surface area (Å²) in [6.45, 7) is 5.84. The number of aliphatic carboxylic acids is 1. The number of rotatable bonds is 13. The Kier molecular flexibility index (Phi) is 22.2. The molecule has 0 unspecified atom stereocenters. The topological polar surface area (TPSA) is 530 Å². The van der Waals surface area contributed by atoms with Crippen LogP contribution in [0.1, 0.15) is 105 Å². The number of nitrogens with one attached hydrogen (secondary N) is 7. The number of fused-ring (bicyclic) bond motifs is 15. The molecule has 0 saturated carbocycles. The molecule has 11 bridgehead atoms. The number of primary amides is 1. The van der Waals surface area contributed by atoms with E-state index < -0.39 is 237 Å². The van der Waals surface area contributed by atoms with Gasteiger partial charge in [0.05, 0.1) is 35.2 Å². The van der Waals surface area contributed by atoms with Gasteiger partial charge in [0.25, 0.3) is 0 Å². The third-order valence-corrected chi connectivity index (χ3v) is 18.5. The number of benzene rings is 5. The number of halogens is 2. The zero-order chi connectivity index (χ0) is 73.5. The lowest BCUT2D eigenvalue weighted by Crippen LogP contribution is -2.64. The Morgan fingerprint density at radius 3 is 1.90 bits per heavy atom. The number of phenolic OH excluding ortho intramolecular Hbond substituents is 3. The minimum Gasteiger partial charge on any atom is -0.508 e. The summed E-state index contributed by atoms with van der Waals surface area (Å²) in [5, 5.41) is 131. The molecular weight excluding hydrogens is 1370 g/mol. The Hall–Kier alpha value is -9.20. The van der Waals surface area contributed by atoms with Crippen molar-refractivity contribution in [3.8, 4) is 57.1 Å². The number of hydrogen-bond donors (Lipinski definition) is 19. The third kappa shape index (κ3) is 15.8. The molecule has 33 nitrogen and oxygen atoms in total. The summed E-state index contributed by atoms with van der Waals surface area (Å²) >= 11 is 14.1. The molecule has 101 heavy (non-hydrogen) atoms. The van der Waals surface area contributed by atoms with Crippen molar-refractivity contribution in [3.63, 3.8) is 0 Å². The zero-order valence-electron chi connectivity index (χ0n) is 54.3. The van der Waals surface area contributed by atoms with Crippen molar-refractivity contribution in [1.82, 2.24) is 37.2 Å². The summed E-state index contributed by atoms with van der Waals surface area (Å²) in [7, 11) is 1.47. The summed E-state index contributed by atoms with van der Waals surface area (Å²) < 4.78 is 38.2. The SMILES string of the molecule is CN[C@H](CC(C)C)C(=O)N[C@H]1C(=O)N[C@@H](CC(N)=O)C(=O)N[C@H]2C(=O)N[C@H]3C(=O)N[C@H](C(=O)N[C@H](C(=O)O)c4cc(O)cc(O)c4-c4cc3ccc4O)[C@H](O)c3ccc(c(Cl)c3)Oc3cc2cc(c3O[C@@H]2O[C@H](CO)[C@@H](O)[C@H](O)[C@H]2O[C@H]2O[C@@H](C)[C@@](C)(N)C[C@H]2O)Oc2ccc(cc2Cl)[C@H]1O. The van der Waals surface area contributed by atoms with Crippen LogP contribution in [0.4, 0.5) is 0 Å². The highest BCUT2D eigenvalue weighted by atomic mass is 35.5. The third-order valence-electron chi connectivity index (χ3n) is 17.9. The van der Waals surface area contributed by atoms with E-state index in [-0.39, 0.29) is 46.2 Å². The average Bonchev–Trinajstić information content (AvgIpc) is 0.768. The van der Waals surface area contributed by atoms with Crippen LogP contribution in [0.5, 0.6) is 46.0 Å². The molecule has 0 aromatic heterocycles. The van der Waals surface area contributed by atoms with Gasteiger partial charge in [0.1, 0.15) is 95.6 Å². The van der Waals surface area contributed by atoms with Gasteiger partial charge in [-0.2, -0.15) is 0 Å². The van der Waals surface area contributed by atoms with Crippen molar-refractivity contribution < 1.29 is 118 Å². The van der Waals surface area contributed by atoms with Crippen LogP contribution in [0.2, 0.25) is 10.0 Å². The molecule has 7 heterocycles. The van der Waals surface area contributed by atoms with Gasteiger partial charge < -0.3 is 128 Å². The van der Waals surface area contributed by atoms with E-state index in [1.54, 1.807) is 13.8 Å². The number of aromatic hydroxyl groups is 3. The fourth-order valence-corrected chi connectivity index (χ4v) is 12.8. The van der Waals surface area contributed by atoms with Gasteiger partial charge in [-0.25, -0.2) is 4.79 Å². The van der Waals surface area contributed by atoms with Gasteiger partial charge in [0.2, 0.25) is 53.4 Å². The quantitative estimate of drug-likeness (QED) is 0.0743. The predicted octanol–water partition coefficient (Wildman–Crippen LogP) is 0.106. The lowest BCUT2D eigenvalue weighted by atomic mass is 9.87. The summed E-state index contributed by atoms with van der Waals surface area (Å²) in [6.07, 6.45) is -19.0. The van der Waals surface area contributed by atoms with Crippen molar-refractivity contribution in [3.05, 3.63) is 117 Å². The van der Waals surface area contributed by atoms with Crippen molar-refractivity contribution in [2.24, 2.45) is 17.4 Å². The first-order valence-electron chi connectivity index (χ1n) is 31.6. The standard InChI is InChI=1S/C66H75Cl2N9O24/c1-23(2)12-34(71-5)57(88)76-49-51(84)26-7-10-39(32(67)14-26)97-41-16-28-17-42(55(41)100-65-56(54(87)53(86)43(22-78)99-65)101-64-38(82)21-66(4,70)24(3)96-64)98-40-11-8-27(15-33(40)68)52(85)50-62(93)75-48(63(94)95)31-18-29(79)19-37(81)45(31)30-13-25(6-9-36(30)80)46(59(90)77-50)74-60(91)47(28)73-58(89)35(20-44(69)83)72-61(49)92/h6-11,13-19,23-24,34-35,38,43,46-54,56,64-65,71,78-82,84-87H,12,20-22,70H2,1-5H3,(H2,69,83)(H,72,92)(H,73,89)(H,74,91)(H,75,93)(H,76,88)(H,77,90)(H,94,95)/t24-,34+,35-,38+,43+,46+,47+,48-,49+,50-,51+,52+,53+,54-,56+,64+,65-,66-/m0/s1. The van der Waals surface area contributed by atoms with Crippen molar-refractivity contribution in [1.29, 1.82) is 0 Å². The predicted molar refractivity (Wildman–Crippen MR) is 349 cm³/mol. The Morgan fingerprint density at radius 2 is 1.31 bits per heavy atom. The number of carboxylic acids is 1. The fourth-order valence-electron chi connectivity index (χ4n) is 12.3. The van der Waals surface area contributed by atoms with Crippen molar-refractivity contribution in [2.75, 3.05) is 13.7 Å². The number of aliphatic hydroxyl groups is 6. The fraction of sp³-hybridized carbons (Fsp3) is 0.424. The van der Waals surface area contributed by atoms with Gasteiger partial charge in [-0.3, -0.25) is 33.6 Å². The number of amides is 7. The molecule has 7 aliphatic heterocycles. The molecule has 2 fully saturated rings. The maximum atomic E-state index is 16.0. The number of nitrogens with two attached hydrogens (primary N) is 2. The highest BCUT2D eigenvalue weighted by molar-refractivity contribution is 6.32. The van der Waals surface area contributed by atoms with Gasteiger partial charge >= 0.3 is 5.97 Å². The van der Waals surface area contributed by atoms with Crippen molar-refractivity contribution in [2.45, 2.75) is 156 Å². The number of aliphatic hydroxyl groups excluding tert-OH is 6. The molecule has 542 valence electrons. The number of likely N-dealkylation sites (N-methyl/N-ethyl adjacent to an activating group) is 1. The van der Waals surface area contributed by atoms with Gasteiger partial charge in [0, 0.05) is 28.3 Å². The molecule has 7 aliphatic rings. The average molecular weight is 1450 g/mol. The summed E-state index contributed by atoms with van der Waals surface area (Å²) in [5.41, 5.74) is 8.17. The lowest BCUT2D eigenvalue weighted by Gasteiger charge is -2.47. The molecule has 5 aromatic rings. The van der Waals surface area contributed by atoms with E-state index in [9.17, 15) is 75.0 Å². The molecule has 5 aromatic carbocycles. The van der Waals surface area contributed by atoms with Gasteiger partial charge in [0.15, 0.2) is 29.9 Å². The smallest absolute Gasteiger partial charge is 0.330 e. The second-order valence-corrected chi connectivity index (χ2v) is 26.5. The van der Waals surface area contributed by atoms with E-state index in [1.807, 2.05) is 13.8 Å². The van der Waals surface area contributed by atoms with Gasteiger partial charge in [-0.1, -0.05) is 55.2 Å². The van der Waals surface area contributed by atoms with Crippen molar-refractivity contribution >= 4 is 70.5 Å². The first kappa shape index (κ1) is 74.5. The van der Waals surface area contributed by atoms with Crippen LogP contribution >= 0.6 is 23.2 Å². The molecule has 2 saturated heterocycles. The molecule has 0 aliphatic carbocycles. The zero-order valence-corrected chi connectivity index (χ0v) is 55.8. The number of ether oxygens (including phenoxy) is 6. The second-order valence-electron chi connectivity index (χ2n) is 25.7. The van der Waals surface area contributed by atoms with Crippen LogP contribution < -0.4 is 62.9 Å². The van der Waals surface area contributed by atoms with E-state index >= 15 is 14.4 Å². The van der Waals surface area contributed by atoms with Crippen LogP contribution in [-0.4, -0.2) is 191 Å². The molecule has 18 atom stereocenters. The molecule has 35 heteroatoms.